The van der Waals surface area contributed by atoms with E-state index >= 15 is 0 Å². The van der Waals surface area contributed by atoms with Gasteiger partial charge in [0.1, 0.15) is 0 Å². The van der Waals surface area contributed by atoms with Crippen molar-refractivity contribution >= 4 is 21.8 Å². The predicted octanol–water partition coefficient (Wildman–Crippen LogP) is 1.43. The zero-order chi connectivity index (χ0) is 18.4. The van der Waals surface area contributed by atoms with Crippen molar-refractivity contribution < 1.29 is 22.4 Å². The summed E-state index contributed by atoms with van der Waals surface area (Å²) in [5.74, 6) is -1.13. The number of hydrazine groups is 1. The summed E-state index contributed by atoms with van der Waals surface area (Å²) >= 11 is 0. The van der Waals surface area contributed by atoms with Crippen LogP contribution in [0, 0.1) is 0 Å². The van der Waals surface area contributed by atoms with Gasteiger partial charge in [0.05, 0.1) is 11.2 Å². The van der Waals surface area contributed by atoms with Crippen molar-refractivity contribution in [3.8, 4) is 0 Å². The normalized spacial score (nSPS) is 12.4. The van der Waals surface area contributed by atoms with Crippen molar-refractivity contribution in [3.05, 3.63) is 54.0 Å². The number of hydrogen-bond acceptors (Lipinski definition) is 5. The van der Waals surface area contributed by atoms with Crippen LogP contribution in [0.5, 0.6) is 0 Å². The quantitative estimate of drug-likeness (QED) is 0.670. The molecule has 2 amide bonds. The minimum Gasteiger partial charge on any atom is -0.459 e. The maximum Gasteiger partial charge on any atom is 0.305 e. The van der Waals surface area contributed by atoms with E-state index in [1.807, 2.05) is 6.92 Å². The lowest BCUT2D eigenvalue weighted by atomic mass is 10.2. The number of nitrogens with one attached hydrogen (secondary N) is 3. The fourth-order valence-corrected chi connectivity index (χ4v) is 3.18. The topological polar surface area (TPSA) is 118 Å². The standard InChI is InChI=1S/C16H19N3O5S/c1-3-11(2)19-25(22,23)13-8-6-12(7-9-13)15(20)17-18-16(21)14-5-4-10-24-14/h4-11,19H,3H2,1-2H3,(H,17,20)(H,18,21)/t11-/m0/s1. The maximum absolute atomic E-state index is 12.1. The predicted molar refractivity (Wildman–Crippen MR) is 90.2 cm³/mol. The Kier molecular flexibility index (Phi) is 5.94. The Bertz CT molecular complexity index is 829. The average Bonchev–Trinajstić information content (AvgIpc) is 3.13. The molecule has 0 unspecified atom stereocenters. The highest BCUT2D eigenvalue weighted by Gasteiger charge is 2.17. The minimum atomic E-state index is -3.63. The van der Waals surface area contributed by atoms with E-state index in [0.29, 0.717) is 6.42 Å². The fourth-order valence-electron chi connectivity index (χ4n) is 1.86. The molecular weight excluding hydrogens is 346 g/mol. The molecular formula is C16H19N3O5S. The molecule has 3 N–H and O–H groups in total. The Morgan fingerprint density at radius 1 is 1.08 bits per heavy atom. The molecule has 0 saturated heterocycles. The van der Waals surface area contributed by atoms with Gasteiger partial charge in [0.25, 0.3) is 5.91 Å². The van der Waals surface area contributed by atoms with Gasteiger partial charge in [0.2, 0.25) is 10.0 Å². The molecule has 1 heterocycles. The molecule has 0 radical (unpaired) electrons. The van der Waals surface area contributed by atoms with E-state index in [1.54, 1.807) is 13.0 Å². The SMILES string of the molecule is CC[C@H](C)NS(=O)(=O)c1ccc(C(=O)NNC(=O)c2ccco2)cc1. The molecule has 1 atom stereocenters. The van der Waals surface area contributed by atoms with Crippen LogP contribution in [0.1, 0.15) is 41.2 Å². The van der Waals surface area contributed by atoms with Crippen LogP contribution in [-0.2, 0) is 10.0 Å². The van der Waals surface area contributed by atoms with Crippen molar-refractivity contribution in [2.45, 2.75) is 31.2 Å². The fraction of sp³-hybridized carbons (Fsp3) is 0.250. The Labute approximate surface area is 145 Å². The summed E-state index contributed by atoms with van der Waals surface area (Å²) in [5.41, 5.74) is 4.62. The monoisotopic (exact) mass is 365 g/mol. The highest BCUT2D eigenvalue weighted by Crippen LogP contribution is 2.11. The summed E-state index contributed by atoms with van der Waals surface area (Å²) < 4.78 is 31.7. The first-order valence-corrected chi connectivity index (χ1v) is 9.08. The number of amides is 2. The molecule has 0 bridgehead atoms. The molecule has 0 aliphatic heterocycles. The van der Waals surface area contributed by atoms with E-state index in [-0.39, 0.29) is 22.3 Å². The van der Waals surface area contributed by atoms with Crippen LogP contribution in [0.4, 0.5) is 0 Å². The van der Waals surface area contributed by atoms with Gasteiger partial charge in [-0.3, -0.25) is 20.4 Å². The van der Waals surface area contributed by atoms with Crippen molar-refractivity contribution in [2.24, 2.45) is 0 Å². The molecule has 2 aromatic rings. The van der Waals surface area contributed by atoms with Gasteiger partial charge < -0.3 is 4.42 Å². The van der Waals surface area contributed by atoms with Gasteiger partial charge in [-0.25, -0.2) is 13.1 Å². The molecule has 1 aromatic heterocycles. The molecule has 25 heavy (non-hydrogen) atoms. The number of carbonyl (C=O) groups excluding carboxylic acids is 2. The van der Waals surface area contributed by atoms with Crippen LogP contribution >= 0.6 is 0 Å². The second-order valence-electron chi connectivity index (χ2n) is 5.34. The number of hydrogen-bond donors (Lipinski definition) is 3. The van der Waals surface area contributed by atoms with Gasteiger partial charge in [-0.05, 0) is 49.7 Å². The second-order valence-corrected chi connectivity index (χ2v) is 7.05. The molecule has 8 nitrogen and oxygen atoms in total. The van der Waals surface area contributed by atoms with Gasteiger partial charge in [0, 0.05) is 11.6 Å². The van der Waals surface area contributed by atoms with Crippen LogP contribution in [0.3, 0.4) is 0 Å². The number of sulfonamides is 1. The third-order valence-electron chi connectivity index (χ3n) is 3.43. The van der Waals surface area contributed by atoms with Crippen molar-refractivity contribution in [3.63, 3.8) is 0 Å². The smallest absolute Gasteiger partial charge is 0.305 e. The molecule has 0 saturated carbocycles. The first kappa shape index (κ1) is 18.7. The molecule has 134 valence electrons. The lowest BCUT2D eigenvalue weighted by molar-refractivity contribution is 0.0831. The molecule has 1 aromatic carbocycles. The van der Waals surface area contributed by atoms with E-state index in [2.05, 4.69) is 15.6 Å². The van der Waals surface area contributed by atoms with Gasteiger partial charge in [-0.1, -0.05) is 6.92 Å². The largest absolute Gasteiger partial charge is 0.459 e. The lowest BCUT2D eigenvalue weighted by Gasteiger charge is -2.12. The molecule has 2 rings (SSSR count). The van der Waals surface area contributed by atoms with Gasteiger partial charge in [0.15, 0.2) is 5.76 Å². The zero-order valence-corrected chi connectivity index (χ0v) is 14.6. The molecule has 0 fully saturated rings. The van der Waals surface area contributed by atoms with Gasteiger partial charge >= 0.3 is 5.91 Å². The van der Waals surface area contributed by atoms with Crippen molar-refractivity contribution in [1.29, 1.82) is 0 Å². The van der Waals surface area contributed by atoms with E-state index in [1.165, 1.54) is 36.6 Å². The maximum atomic E-state index is 12.1. The number of benzene rings is 1. The summed E-state index contributed by atoms with van der Waals surface area (Å²) in [5, 5.41) is 0. The van der Waals surface area contributed by atoms with Crippen LogP contribution in [0.25, 0.3) is 0 Å². The van der Waals surface area contributed by atoms with Gasteiger partial charge in [-0.15, -0.1) is 0 Å². The van der Waals surface area contributed by atoms with Crippen LogP contribution in [0.2, 0.25) is 0 Å². The Morgan fingerprint density at radius 2 is 1.72 bits per heavy atom. The molecule has 9 heteroatoms. The first-order chi connectivity index (χ1) is 11.8. The minimum absolute atomic E-state index is 0.0536. The van der Waals surface area contributed by atoms with Crippen LogP contribution < -0.4 is 15.6 Å². The van der Waals surface area contributed by atoms with Crippen LogP contribution in [0.15, 0.2) is 52.0 Å². The van der Waals surface area contributed by atoms with E-state index in [9.17, 15) is 18.0 Å². The Morgan fingerprint density at radius 3 is 2.28 bits per heavy atom. The Balaban J connectivity index is 1.99. The van der Waals surface area contributed by atoms with Crippen LogP contribution in [-0.4, -0.2) is 26.3 Å². The summed E-state index contributed by atoms with van der Waals surface area (Å²) in [6.07, 6.45) is 2.00. The molecule has 0 aliphatic carbocycles. The number of rotatable bonds is 6. The lowest BCUT2D eigenvalue weighted by Crippen LogP contribution is -2.41. The van der Waals surface area contributed by atoms with E-state index in [4.69, 9.17) is 4.42 Å². The third-order valence-corrected chi connectivity index (χ3v) is 5.04. The third kappa shape index (κ3) is 4.91. The summed E-state index contributed by atoms with van der Waals surface area (Å²) in [6, 6.07) is 8.18. The highest BCUT2D eigenvalue weighted by atomic mass is 32.2. The second kappa shape index (κ2) is 7.95. The number of carbonyl (C=O) groups is 2. The highest BCUT2D eigenvalue weighted by molar-refractivity contribution is 7.89. The average molecular weight is 365 g/mol. The number of furan rings is 1. The van der Waals surface area contributed by atoms with Crippen molar-refractivity contribution in [1.82, 2.24) is 15.6 Å². The Hall–Kier alpha value is -2.65. The first-order valence-electron chi connectivity index (χ1n) is 7.60. The van der Waals surface area contributed by atoms with Gasteiger partial charge in [-0.2, -0.15) is 0 Å². The summed E-state index contributed by atoms with van der Waals surface area (Å²) in [7, 11) is -3.63. The summed E-state index contributed by atoms with van der Waals surface area (Å²) in [4.78, 5) is 23.7. The van der Waals surface area contributed by atoms with Crippen molar-refractivity contribution in [2.75, 3.05) is 0 Å². The molecule has 0 aliphatic rings. The summed E-state index contributed by atoms with van der Waals surface area (Å²) in [6.45, 7) is 3.64. The molecule has 0 spiro atoms. The van der Waals surface area contributed by atoms with E-state index < -0.39 is 21.8 Å². The zero-order valence-electron chi connectivity index (χ0n) is 13.8. The van der Waals surface area contributed by atoms with E-state index in [0.717, 1.165) is 0 Å².